The van der Waals surface area contributed by atoms with Crippen molar-refractivity contribution in [3.05, 3.63) is 42.1 Å². The standard InChI is InChI=1S/C14H13NO3/c1-17-13-7-10(9-16)11(8-14(13)18-2)12-5-3-4-6-15-12/h3-9H,1-2H3. The van der Waals surface area contributed by atoms with Gasteiger partial charge in [0.2, 0.25) is 0 Å². The highest BCUT2D eigenvalue weighted by molar-refractivity contribution is 5.88. The Balaban J connectivity index is 2.63. The highest BCUT2D eigenvalue weighted by Crippen LogP contribution is 2.34. The number of carbonyl (C=O) groups is 1. The molecule has 2 rings (SSSR count). The average Bonchev–Trinajstić information content (AvgIpc) is 2.46. The molecule has 0 spiro atoms. The van der Waals surface area contributed by atoms with Crippen LogP contribution in [0.4, 0.5) is 0 Å². The van der Waals surface area contributed by atoms with Crippen molar-refractivity contribution in [2.45, 2.75) is 0 Å². The van der Waals surface area contributed by atoms with Crippen LogP contribution in [0.25, 0.3) is 11.3 Å². The summed E-state index contributed by atoms with van der Waals surface area (Å²) in [7, 11) is 3.09. The molecular formula is C14H13NO3. The monoisotopic (exact) mass is 243 g/mol. The van der Waals surface area contributed by atoms with Gasteiger partial charge in [0, 0.05) is 17.3 Å². The second-order valence-electron chi connectivity index (χ2n) is 3.63. The smallest absolute Gasteiger partial charge is 0.161 e. The van der Waals surface area contributed by atoms with E-state index in [1.807, 2.05) is 18.2 Å². The number of aromatic nitrogens is 1. The van der Waals surface area contributed by atoms with Gasteiger partial charge < -0.3 is 9.47 Å². The number of hydrogen-bond acceptors (Lipinski definition) is 4. The summed E-state index contributed by atoms with van der Waals surface area (Å²) in [6.45, 7) is 0. The molecule has 18 heavy (non-hydrogen) atoms. The summed E-state index contributed by atoms with van der Waals surface area (Å²) in [6, 6.07) is 8.94. The van der Waals surface area contributed by atoms with Crippen LogP contribution in [-0.4, -0.2) is 25.5 Å². The number of rotatable bonds is 4. The quantitative estimate of drug-likeness (QED) is 0.774. The minimum absolute atomic E-state index is 0.520. The van der Waals surface area contributed by atoms with E-state index in [4.69, 9.17) is 9.47 Å². The molecule has 0 atom stereocenters. The molecule has 1 aromatic heterocycles. The van der Waals surface area contributed by atoms with E-state index in [1.165, 1.54) is 7.11 Å². The SMILES string of the molecule is COc1cc(C=O)c(-c2ccccn2)cc1OC. The molecule has 0 bridgehead atoms. The topological polar surface area (TPSA) is 48.4 Å². The van der Waals surface area contributed by atoms with Crippen molar-refractivity contribution in [2.75, 3.05) is 14.2 Å². The molecule has 92 valence electrons. The molecule has 0 unspecified atom stereocenters. The summed E-state index contributed by atoms with van der Waals surface area (Å²) in [5.74, 6) is 1.10. The van der Waals surface area contributed by atoms with Crippen LogP contribution in [0.2, 0.25) is 0 Å². The Bertz CT molecular complexity index is 552. The molecule has 4 nitrogen and oxygen atoms in total. The predicted molar refractivity (Wildman–Crippen MR) is 68.2 cm³/mol. The lowest BCUT2D eigenvalue weighted by Gasteiger charge is -2.11. The van der Waals surface area contributed by atoms with E-state index >= 15 is 0 Å². The minimum Gasteiger partial charge on any atom is -0.493 e. The molecule has 0 radical (unpaired) electrons. The molecule has 0 aliphatic rings. The maximum Gasteiger partial charge on any atom is 0.161 e. The molecule has 0 saturated heterocycles. The molecule has 1 aromatic carbocycles. The Morgan fingerprint density at radius 2 is 1.83 bits per heavy atom. The highest BCUT2D eigenvalue weighted by atomic mass is 16.5. The Hall–Kier alpha value is -2.36. The van der Waals surface area contributed by atoms with Crippen molar-refractivity contribution in [2.24, 2.45) is 0 Å². The largest absolute Gasteiger partial charge is 0.493 e. The summed E-state index contributed by atoms with van der Waals surface area (Å²) < 4.78 is 10.4. The molecule has 0 amide bonds. The van der Waals surface area contributed by atoms with Crippen molar-refractivity contribution in [1.29, 1.82) is 0 Å². The van der Waals surface area contributed by atoms with Gasteiger partial charge in [0.05, 0.1) is 19.9 Å². The zero-order valence-electron chi connectivity index (χ0n) is 10.2. The molecule has 0 N–H and O–H groups in total. The number of pyridine rings is 1. The lowest BCUT2D eigenvalue weighted by molar-refractivity contribution is 0.112. The molecule has 4 heteroatoms. The molecule has 2 aromatic rings. The van der Waals surface area contributed by atoms with Gasteiger partial charge in [-0.1, -0.05) is 6.07 Å². The summed E-state index contributed by atoms with van der Waals surface area (Å²) in [5.41, 5.74) is 1.97. The normalized spacial score (nSPS) is 9.89. The molecular weight excluding hydrogens is 230 g/mol. The maximum absolute atomic E-state index is 11.1. The Kier molecular flexibility index (Phi) is 3.57. The van der Waals surface area contributed by atoms with Crippen LogP contribution in [0.1, 0.15) is 10.4 Å². The van der Waals surface area contributed by atoms with Crippen molar-refractivity contribution in [3.8, 4) is 22.8 Å². The second-order valence-corrected chi connectivity index (χ2v) is 3.63. The Morgan fingerprint density at radius 1 is 1.11 bits per heavy atom. The van der Waals surface area contributed by atoms with Crippen molar-refractivity contribution in [1.82, 2.24) is 4.98 Å². The van der Waals surface area contributed by atoms with Gasteiger partial charge in [-0.3, -0.25) is 9.78 Å². The van der Waals surface area contributed by atoms with E-state index in [1.54, 1.807) is 25.4 Å². The summed E-state index contributed by atoms with van der Waals surface area (Å²) >= 11 is 0. The molecule has 0 aliphatic heterocycles. The van der Waals surface area contributed by atoms with Gasteiger partial charge in [0.25, 0.3) is 0 Å². The van der Waals surface area contributed by atoms with Crippen LogP contribution in [0.5, 0.6) is 11.5 Å². The summed E-state index contributed by atoms with van der Waals surface area (Å²) in [4.78, 5) is 15.4. The van der Waals surface area contributed by atoms with Gasteiger partial charge in [-0.05, 0) is 24.3 Å². The van der Waals surface area contributed by atoms with Crippen LogP contribution in [0.3, 0.4) is 0 Å². The predicted octanol–water partition coefficient (Wildman–Crippen LogP) is 2.58. The number of ether oxygens (including phenoxy) is 2. The van der Waals surface area contributed by atoms with Crippen molar-refractivity contribution in [3.63, 3.8) is 0 Å². The minimum atomic E-state index is 0.520. The lowest BCUT2D eigenvalue weighted by Crippen LogP contribution is -1.96. The first-order valence-electron chi connectivity index (χ1n) is 5.42. The Labute approximate surface area is 105 Å². The fraction of sp³-hybridized carbons (Fsp3) is 0.143. The second kappa shape index (κ2) is 5.31. The molecule has 0 aliphatic carbocycles. The van der Waals surface area contributed by atoms with Gasteiger partial charge in [-0.25, -0.2) is 0 Å². The fourth-order valence-corrected chi connectivity index (χ4v) is 1.74. The average molecular weight is 243 g/mol. The maximum atomic E-state index is 11.1. The number of hydrogen-bond donors (Lipinski definition) is 0. The van der Waals surface area contributed by atoms with Crippen LogP contribution >= 0.6 is 0 Å². The third-order valence-corrected chi connectivity index (χ3v) is 2.62. The first-order valence-corrected chi connectivity index (χ1v) is 5.42. The van der Waals surface area contributed by atoms with Crippen molar-refractivity contribution >= 4 is 6.29 Å². The highest BCUT2D eigenvalue weighted by Gasteiger charge is 2.12. The van der Waals surface area contributed by atoms with Gasteiger partial charge in [0.1, 0.15) is 0 Å². The lowest BCUT2D eigenvalue weighted by atomic mass is 10.0. The van der Waals surface area contributed by atoms with E-state index in [2.05, 4.69) is 4.98 Å². The van der Waals surface area contributed by atoms with Gasteiger partial charge in [-0.2, -0.15) is 0 Å². The summed E-state index contributed by atoms with van der Waals surface area (Å²) in [6.07, 6.45) is 2.46. The molecule has 0 fully saturated rings. The third-order valence-electron chi connectivity index (χ3n) is 2.62. The Morgan fingerprint density at radius 3 is 2.39 bits per heavy atom. The van der Waals surface area contributed by atoms with E-state index in [9.17, 15) is 4.79 Å². The third kappa shape index (κ3) is 2.18. The summed E-state index contributed by atoms with van der Waals surface area (Å²) in [5, 5.41) is 0. The van der Waals surface area contributed by atoms with Crippen LogP contribution in [0.15, 0.2) is 36.5 Å². The zero-order chi connectivity index (χ0) is 13.0. The van der Waals surface area contributed by atoms with Crippen molar-refractivity contribution < 1.29 is 14.3 Å². The number of nitrogens with zero attached hydrogens (tertiary/aromatic N) is 1. The number of aldehydes is 1. The van der Waals surface area contributed by atoms with E-state index in [0.29, 0.717) is 17.1 Å². The van der Waals surface area contributed by atoms with Gasteiger partial charge in [-0.15, -0.1) is 0 Å². The van der Waals surface area contributed by atoms with Crippen LogP contribution in [-0.2, 0) is 0 Å². The first-order chi connectivity index (χ1) is 8.80. The fourth-order valence-electron chi connectivity index (χ4n) is 1.74. The molecule has 1 heterocycles. The van der Waals surface area contributed by atoms with Crippen LogP contribution in [0, 0.1) is 0 Å². The molecule has 0 saturated carbocycles. The number of methoxy groups -OCH3 is 2. The van der Waals surface area contributed by atoms with Gasteiger partial charge in [0.15, 0.2) is 17.8 Å². The van der Waals surface area contributed by atoms with E-state index in [0.717, 1.165) is 17.5 Å². The zero-order valence-corrected chi connectivity index (χ0v) is 10.2. The van der Waals surface area contributed by atoms with Gasteiger partial charge >= 0.3 is 0 Å². The number of benzene rings is 1. The first kappa shape index (κ1) is 12.1. The van der Waals surface area contributed by atoms with Crippen LogP contribution < -0.4 is 9.47 Å². The van der Waals surface area contributed by atoms with E-state index < -0.39 is 0 Å². The number of carbonyl (C=O) groups excluding carboxylic acids is 1. The van der Waals surface area contributed by atoms with E-state index in [-0.39, 0.29) is 0 Å².